The van der Waals surface area contributed by atoms with Crippen molar-refractivity contribution in [2.75, 3.05) is 18.5 Å². The van der Waals surface area contributed by atoms with Crippen LogP contribution in [-0.2, 0) is 14.3 Å². The normalized spacial score (nSPS) is 10.1. The molecule has 2 aromatic carbocycles. The van der Waals surface area contributed by atoms with Gasteiger partial charge in [0.2, 0.25) is 5.82 Å². The van der Waals surface area contributed by atoms with Crippen molar-refractivity contribution in [3.05, 3.63) is 58.9 Å². The van der Waals surface area contributed by atoms with Crippen molar-refractivity contribution in [1.82, 2.24) is 0 Å². The van der Waals surface area contributed by atoms with Gasteiger partial charge in [-0.1, -0.05) is 0 Å². The fourth-order valence-corrected chi connectivity index (χ4v) is 1.85. The number of amides is 1. The first-order valence-corrected chi connectivity index (χ1v) is 7.34. The summed E-state index contributed by atoms with van der Waals surface area (Å²) in [7, 11) is 0. The van der Waals surface area contributed by atoms with Crippen LogP contribution in [0.15, 0.2) is 24.3 Å². The first-order valence-electron chi connectivity index (χ1n) is 7.34. The van der Waals surface area contributed by atoms with E-state index in [4.69, 9.17) is 10.00 Å². The molecule has 0 saturated heterocycles. The fraction of sp³-hybridized carbons (Fsp3) is 0.118. The molecule has 0 unspecified atom stereocenters. The SMILES string of the molecule is N#Cc1ccc(OCC(=O)OCC(=O)Nc2c(F)c(F)c(F)c(F)c2F)cc1. The summed E-state index contributed by atoms with van der Waals surface area (Å²) >= 11 is 0. The van der Waals surface area contributed by atoms with E-state index in [1.807, 2.05) is 6.07 Å². The zero-order valence-electron chi connectivity index (χ0n) is 13.7. The van der Waals surface area contributed by atoms with Gasteiger partial charge < -0.3 is 14.8 Å². The van der Waals surface area contributed by atoms with Crippen LogP contribution in [0.3, 0.4) is 0 Å². The third-order valence-corrected chi connectivity index (χ3v) is 3.18. The molecule has 0 atom stereocenters. The average Bonchev–Trinajstić information content (AvgIpc) is 2.71. The molecule has 0 fully saturated rings. The van der Waals surface area contributed by atoms with Crippen LogP contribution >= 0.6 is 0 Å². The average molecular weight is 400 g/mol. The number of ether oxygens (including phenoxy) is 2. The van der Waals surface area contributed by atoms with Gasteiger partial charge in [0.05, 0.1) is 11.6 Å². The summed E-state index contributed by atoms with van der Waals surface area (Å²) in [5, 5.41) is 10.1. The summed E-state index contributed by atoms with van der Waals surface area (Å²) in [6.45, 7) is -1.70. The van der Waals surface area contributed by atoms with Crippen LogP contribution in [0.25, 0.3) is 0 Å². The molecule has 0 aliphatic heterocycles. The predicted molar refractivity (Wildman–Crippen MR) is 82.5 cm³/mol. The molecule has 6 nitrogen and oxygen atoms in total. The quantitative estimate of drug-likeness (QED) is 0.349. The van der Waals surface area contributed by atoms with E-state index < -0.39 is 59.9 Å². The highest BCUT2D eigenvalue weighted by Gasteiger charge is 2.27. The van der Waals surface area contributed by atoms with Crippen molar-refractivity contribution in [1.29, 1.82) is 5.26 Å². The molecule has 2 aromatic rings. The molecule has 0 heterocycles. The number of esters is 1. The van der Waals surface area contributed by atoms with Crippen molar-refractivity contribution in [2.45, 2.75) is 0 Å². The lowest BCUT2D eigenvalue weighted by Crippen LogP contribution is -2.25. The highest BCUT2D eigenvalue weighted by Crippen LogP contribution is 2.27. The summed E-state index contributed by atoms with van der Waals surface area (Å²) in [5.41, 5.74) is -1.20. The Morgan fingerprint density at radius 2 is 1.43 bits per heavy atom. The third-order valence-electron chi connectivity index (χ3n) is 3.18. The Bertz CT molecular complexity index is 928. The Hall–Kier alpha value is -3.68. The number of rotatable bonds is 6. The highest BCUT2D eigenvalue weighted by molar-refractivity contribution is 5.93. The first kappa shape index (κ1) is 20.6. The minimum Gasteiger partial charge on any atom is -0.482 e. The maximum atomic E-state index is 13.4. The summed E-state index contributed by atoms with van der Waals surface area (Å²) < 4.78 is 75.4. The molecule has 0 radical (unpaired) electrons. The molecule has 0 aromatic heterocycles. The second-order valence-electron chi connectivity index (χ2n) is 5.08. The number of nitrogens with zero attached hydrogens (tertiary/aromatic N) is 1. The number of nitrogens with one attached hydrogen (secondary N) is 1. The molecule has 11 heteroatoms. The van der Waals surface area contributed by atoms with Gasteiger partial charge in [0, 0.05) is 0 Å². The second-order valence-corrected chi connectivity index (χ2v) is 5.08. The molecule has 0 spiro atoms. The fourth-order valence-electron chi connectivity index (χ4n) is 1.85. The molecule has 1 N–H and O–H groups in total. The van der Waals surface area contributed by atoms with Crippen molar-refractivity contribution in [2.24, 2.45) is 0 Å². The zero-order valence-corrected chi connectivity index (χ0v) is 13.7. The maximum absolute atomic E-state index is 13.4. The highest BCUT2D eigenvalue weighted by atomic mass is 19.2. The minimum atomic E-state index is -2.38. The van der Waals surface area contributed by atoms with Crippen LogP contribution in [0.5, 0.6) is 5.75 Å². The van der Waals surface area contributed by atoms with Gasteiger partial charge in [-0.15, -0.1) is 0 Å². The smallest absolute Gasteiger partial charge is 0.344 e. The molecule has 146 valence electrons. The minimum absolute atomic E-state index is 0.224. The topological polar surface area (TPSA) is 88.4 Å². The summed E-state index contributed by atoms with van der Waals surface area (Å²) in [5.74, 6) is -13.5. The van der Waals surface area contributed by atoms with Gasteiger partial charge in [-0.05, 0) is 24.3 Å². The number of anilines is 1. The van der Waals surface area contributed by atoms with Gasteiger partial charge in [0.1, 0.15) is 11.4 Å². The Morgan fingerprint density at radius 3 is 1.96 bits per heavy atom. The number of hydrogen-bond acceptors (Lipinski definition) is 5. The summed E-state index contributed by atoms with van der Waals surface area (Å²) in [6.07, 6.45) is 0. The van der Waals surface area contributed by atoms with E-state index in [0.29, 0.717) is 5.56 Å². The largest absolute Gasteiger partial charge is 0.482 e. The molecular weight excluding hydrogens is 391 g/mol. The number of carbonyl (C=O) groups is 2. The maximum Gasteiger partial charge on any atom is 0.344 e. The molecule has 28 heavy (non-hydrogen) atoms. The van der Waals surface area contributed by atoms with Gasteiger partial charge >= 0.3 is 5.97 Å². The van der Waals surface area contributed by atoms with Crippen molar-refractivity contribution in [3.63, 3.8) is 0 Å². The van der Waals surface area contributed by atoms with Crippen LogP contribution in [0.1, 0.15) is 5.56 Å². The number of benzene rings is 2. The Labute approximate surface area is 154 Å². The van der Waals surface area contributed by atoms with Crippen LogP contribution in [0.2, 0.25) is 0 Å². The molecule has 2 rings (SSSR count). The van der Waals surface area contributed by atoms with Gasteiger partial charge in [-0.2, -0.15) is 5.26 Å². The van der Waals surface area contributed by atoms with E-state index in [1.54, 1.807) is 0 Å². The zero-order chi connectivity index (χ0) is 20.8. The van der Waals surface area contributed by atoms with Crippen molar-refractivity contribution >= 4 is 17.6 Å². The molecule has 1 amide bonds. The van der Waals surface area contributed by atoms with Gasteiger partial charge in [0.25, 0.3) is 5.91 Å². The Kier molecular flexibility index (Phi) is 6.49. The predicted octanol–water partition coefficient (Wildman–Crippen LogP) is 2.81. The number of halogens is 5. The number of carbonyl (C=O) groups excluding carboxylic acids is 2. The molecule has 0 saturated carbocycles. The summed E-state index contributed by atoms with van der Waals surface area (Å²) in [4.78, 5) is 23.0. The molecule has 0 bridgehead atoms. The van der Waals surface area contributed by atoms with Crippen LogP contribution < -0.4 is 10.1 Å². The van der Waals surface area contributed by atoms with Gasteiger partial charge in [-0.3, -0.25) is 4.79 Å². The van der Waals surface area contributed by atoms with E-state index in [9.17, 15) is 31.5 Å². The lowest BCUT2D eigenvalue weighted by atomic mass is 10.2. The molecule has 0 aliphatic rings. The van der Waals surface area contributed by atoms with E-state index in [2.05, 4.69) is 4.74 Å². The Morgan fingerprint density at radius 1 is 0.893 bits per heavy atom. The monoisotopic (exact) mass is 400 g/mol. The van der Waals surface area contributed by atoms with E-state index >= 15 is 0 Å². The third kappa shape index (κ3) is 4.73. The van der Waals surface area contributed by atoms with Crippen molar-refractivity contribution < 1.29 is 41.0 Å². The van der Waals surface area contributed by atoms with Crippen LogP contribution in [-0.4, -0.2) is 25.1 Å². The molecule has 0 aliphatic carbocycles. The molecular formula is C17H9F5N2O4. The lowest BCUT2D eigenvalue weighted by molar-refractivity contribution is -0.149. The Balaban J connectivity index is 1.89. The number of nitriles is 1. The van der Waals surface area contributed by atoms with Gasteiger partial charge in [-0.25, -0.2) is 26.7 Å². The lowest BCUT2D eigenvalue weighted by Gasteiger charge is -2.10. The summed E-state index contributed by atoms with van der Waals surface area (Å²) in [6, 6.07) is 7.54. The van der Waals surface area contributed by atoms with E-state index in [0.717, 1.165) is 0 Å². The van der Waals surface area contributed by atoms with E-state index in [-0.39, 0.29) is 5.75 Å². The number of hydrogen-bond donors (Lipinski definition) is 1. The second kappa shape index (κ2) is 8.81. The van der Waals surface area contributed by atoms with Crippen LogP contribution in [0.4, 0.5) is 27.6 Å². The van der Waals surface area contributed by atoms with E-state index in [1.165, 1.54) is 29.6 Å². The first-order chi connectivity index (χ1) is 13.2. The standard InChI is InChI=1S/C17H9F5N2O4/c18-12-13(19)15(21)17(16(22)14(12)20)24-10(25)6-28-11(26)7-27-9-3-1-8(5-23)2-4-9/h1-4H,6-7H2,(H,24,25). The van der Waals surface area contributed by atoms with Crippen molar-refractivity contribution in [3.8, 4) is 11.8 Å². The van der Waals surface area contributed by atoms with Crippen LogP contribution in [0, 0.1) is 40.4 Å². The van der Waals surface area contributed by atoms with Gasteiger partial charge in [0.15, 0.2) is 36.5 Å².